The Morgan fingerprint density at radius 1 is 1.19 bits per heavy atom. The Morgan fingerprint density at radius 3 is 2.71 bits per heavy atom. The molecule has 0 aliphatic heterocycles. The molecule has 0 bridgehead atoms. The second-order valence-corrected chi connectivity index (χ2v) is 4.58. The molecule has 0 radical (unpaired) electrons. The van der Waals surface area contributed by atoms with E-state index in [2.05, 4.69) is 20.5 Å². The summed E-state index contributed by atoms with van der Waals surface area (Å²) >= 11 is 0. The highest BCUT2D eigenvalue weighted by molar-refractivity contribution is 5.82. The molecule has 0 aliphatic rings. The van der Waals surface area contributed by atoms with Gasteiger partial charge < -0.3 is 4.74 Å². The van der Waals surface area contributed by atoms with Gasteiger partial charge in [-0.3, -0.25) is 15.5 Å². The quantitative estimate of drug-likeness (QED) is 0.547. The van der Waals surface area contributed by atoms with E-state index in [0.717, 1.165) is 16.6 Å². The van der Waals surface area contributed by atoms with Gasteiger partial charge in [-0.25, -0.2) is 10.4 Å². The van der Waals surface area contributed by atoms with Gasteiger partial charge in [0.25, 0.3) is 0 Å². The fourth-order valence-electron chi connectivity index (χ4n) is 2.43. The molecule has 1 aromatic carbocycles. The highest BCUT2D eigenvalue weighted by Crippen LogP contribution is 2.29. The number of nitrogens with two attached hydrogens (primary N) is 1. The molecule has 3 rings (SSSR count). The number of ether oxygens (including phenoxy) is 1. The van der Waals surface area contributed by atoms with Crippen molar-refractivity contribution in [2.24, 2.45) is 12.9 Å². The summed E-state index contributed by atoms with van der Waals surface area (Å²) < 4.78 is 7.08. The Hall–Kier alpha value is -2.51. The smallest absolute Gasteiger partial charge is 0.237 e. The molecule has 3 N–H and O–H groups in total. The lowest BCUT2D eigenvalue weighted by Crippen LogP contribution is -2.30. The monoisotopic (exact) mass is 284 g/mol. The van der Waals surface area contributed by atoms with E-state index in [9.17, 15) is 0 Å². The molecule has 108 valence electrons. The molecule has 2 aromatic heterocycles. The van der Waals surface area contributed by atoms with Crippen molar-refractivity contribution >= 4 is 10.9 Å². The zero-order chi connectivity index (χ0) is 14.8. The molecule has 21 heavy (non-hydrogen) atoms. The summed E-state index contributed by atoms with van der Waals surface area (Å²) in [6, 6.07) is 7.55. The van der Waals surface area contributed by atoms with Crippen LogP contribution < -0.4 is 16.0 Å². The number of hydrazine groups is 1. The number of hydrogen-bond donors (Lipinski definition) is 2. The topological polar surface area (TPSA) is 90.9 Å². The number of benzene rings is 1. The lowest BCUT2D eigenvalue weighted by molar-refractivity contribution is 0.382. The molecular formula is C14H16N6O. The van der Waals surface area contributed by atoms with Gasteiger partial charge in [0.05, 0.1) is 18.3 Å². The van der Waals surface area contributed by atoms with Crippen LogP contribution in [0.15, 0.2) is 36.7 Å². The molecular weight excluding hydrogens is 268 g/mol. The number of nitrogens with one attached hydrogen (secondary N) is 1. The van der Waals surface area contributed by atoms with Crippen LogP contribution in [0.3, 0.4) is 0 Å². The number of fused-ring (bicyclic) bond motifs is 1. The van der Waals surface area contributed by atoms with Gasteiger partial charge in [-0.2, -0.15) is 5.10 Å². The molecule has 0 fully saturated rings. The Balaban J connectivity index is 2.19. The van der Waals surface area contributed by atoms with Crippen molar-refractivity contribution in [3.05, 3.63) is 48.0 Å². The van der Waals surface area contributed by atoms with Crippen LogP contribution in [0.4, 0.5) is 0 Å². The first-order valence-electron chi connectivity index (χ1n) is 6.49. The van der Waals surface area contributed by atoms with Gasteiger partial charge in [0.15, 0.2) is 0 Å². The summed E-state index contributed by atoms with van der Waals surface area (Å²) in [7, 11) is 3.45. The van der Waals surface area contributed by atoms with E-state index in [1.54, 1.807) is 19.5 Å². The molecule has 0 spiro atoms. The van der Waals surface area contributed by atoms with E-state index >= 15 is 0 Å². The summed E-state index contributed by atoms with van der Waals surface area (Å²) in [6.45, 7) is 0. The van der Waals surface area contributed by atoms with E-state index in [0.29, 0.717) is 11.6 Å². The predicted molar refractivity (Wildman–Crippen MR) is 78.5 cm³/mol. The molecule has 0 amide bonds. The molecule has 1 atom stereocenters. The van der Waals surface area contributed by atoms with Crippen LogP contribution in [0.1, 0.15) is 17.4 Å². The normalized spacial score (nSPS) is 12.5. The first-order chi connectivity index (χ1) is 10.3. The number of methoxy groups -OCH3 is 1. The SMILES string of the molecule is COc1nccnc1C(NN)c1nn(C)c2ccccc12. The van der Waals surface area contributed by atoms with Crippen molar-refractivity contribution in [1.29, 1.82) is 0 Å². The van der Waals surface area contributed by atoms with Crippen LogP contribution in [-0.2, 0) is 7.05 Å². The van der Waals surface area contributed by atoms with E-state index in [4.69, 9.17) is 10.6 Å². The maximum atomic E-state index is 5.74. The van der Waals surface area contributed by atoms with Gasteiger partial charge in [0.1, 0.15) is 11.7 Å². The highest BCUT2D eigenvalue weighted by atomic mass is 16.5. The second kappa shape index (κ2) is 5.47. The number of rotatable bonds is 4. The average Bonchev–Trinajstić information content (AvgIpc) is 2.86. The maximum absolute atomic E-state index is 5.74. The van der Waals surface area contributed by atoms with Gasteiger partial charge in [-0.05, 0) is 6.07 Å². The Labute approximate surface area is 121 Å². The Bertz CT molecular complexity index is 769. The van der Waals surface area contributed by atoms with E-state index in [1.807, 2.05) is 36.0 Å². The summed E-state index contributed by atoms with van der Waals surface area (Å²) in [5.41, 5.74) is 5.17. The third kappa shape index (κ3) is 2.22. The molecule has 2 heterocycles. The zero-order valence-corrected chi connectivity index (χ0v) is 11.8. The van der Waals surface area contributed by atoms with Crippen molar-refractivity contribution in [2.75, 3.05) is 7.11 Å². The van der Waals surface area contributed by atoms with Crippen molar-refractivity contribution in [3.8, 4) is 5.88 Å². The van der Waals surface area contributed by atoms with Gasteiger partial charge in [0.2, 0.25) is 5.88 Å². The van der Waals surface area contributed by atoms with E-state index in [1.165, 1.54) is 0 Å². The fraction of sp³-hybridized carbons (Fsp3) is 0.214. The molecule has 3 aromatic rings. The van der Waals surface area contributed by atoms with Crippen LogP contribution in [0.25, 0.3) is 10.9 Å². The zero-order valence-electron chi connectivity index (χ0n) is 11.8. The molecule has 7 heteroatoms. The summed E-state index contributed by atoms with van der Waals surface area (Å²) in [5, 5.41) is 5.57. The average molecular weight is 284 g/mol. The Kier molecular flexibility index (Phi) is 3.51. The van der Waals surface area contributed by atoms with E-state index < -0.39 is 6.04 Å². The lowest BCUT2D eigenvalue weighted by Gasteiger charge is -2.15. The largest absolute Gasteiger partial charge is 0.480 e. The minimum atomic E-state index is -0.403. The number of aromatic nitrogens is 4. The summed E-state index contributed by atoms with van der Waals surface area (Å²) in [4.78, 5) is 8.50. The lowest BCUT2D eigenvalue weighted by atomic mass is 10.1. The Morgan fingerprint density at radius 2 is 1.95 bits per heavy atom. The van der Waals surface area contributed by atoms with Crippen molar-refractivity contribution < 1.29 is 4.74 Å². The fourth-order valence-corrected chi connectivity index (χ4v) is 2.43. The second-order valence-electron chi connectivity index (χ2n) is 4.58. The third-order valence-electron chi connectivity index (χ3n) is 3.38. The molecule has 7 nitrogen and oxygen atoms in total. The molecule has 0 saturated heterocycles. The van der Waals surface area contributed by atoms with Crippen LogP contribution >= 0.6 is 0 Å². The first-order valence-corrected chi connectivity index (χ1v) is 6.49. The van der Waals surface area contributed by atoms with Crippen LogP contribution in [0, 0.1) is 0 Å². The highest BCUT2D eigenvalue weighted by Gasteiger charge is 2.24. The minimum Gasteiger partial charge on any atom is -0.480 e. The van der Waals surface area contributed by atoms with Crippen LogP contribution in [0.5, 0.6) is 5.88 Å². The summed E-state index contributed by atoms with van der Waals surface area (Å²) in [6.07, 6.45) is 3.18. The molecule has 0 aliphatic carbocycles. The molecule has 1 unspecified atom stereocenters. The number of nitrogens with zero attached hydrogens (tertiary/aromatic N) is 4. The number of aryl methyl sites for hydroxylation is 1. The van der Waals surface area contributed by atoms with Gasteiger partial charge in [0, 0.05) is 24.8 Å². The predicted octanol–water partition coefficient (Wildman–Crippen LogP) is 0.925. The van der Waals surface area contributed by atoms with Crippen molar-refractivity contribution in [2.45, 2.75) is 6.04 Å². The van der Waals surface area contributed by atoms with Gasteiger partial charge in [-0.15, -0.1) is 0 Å². The van der Waals surface area contributed by atoms with Gasteiger partial charge >= 0.3 is 0 Å². The van der Waals surface area contributed by atoms with Crippen molar-refractivity contribution in [3.63, 3.8) is 0 Å². The standard InChI is InChI=1S/C14H16N6O/c1-20-10-6-4-3-5-9(10)11(19-20)12(18-15)13-14(21-2)17-8-7-16-13/h3-8,12,18H,15H2,1-2H3. The van der Waals surface area contributed by atoms with Crippen LogP contribution in [0.2, 0.25) is 0 Å². The van der Waals surface area contributed by atoms with Crippen LogP contribution in [-0.4, -0.2) is 26.9 Å². The minimum absolute atomic E-state index is 0.403. The van der Waals surface area contributed by atoms with E-state index in [-0.39, 0.29) is 0 Å². The first kappa shape index (κ1) is 13.5. The van der Waals surface area contributed by atoms with Gasteiger partial charge in [-0.1, -0.05) is 18.2 Å². The molecule has 0 saturated carbocycles. The number of hydrogen-bond acceptors (Lipinski definition) is 6. The van der Waals surface area contributed by atoms with Crippen molar-refractivity contribution in [1.82, 2.24) is 25.2 Å². The third-order valence-corrected chi connectivity index (χ3v) is 3.38. The number of para-hydroxylation sites is 1. The maximum Gasteiger partial charge on any atom is 0.237 e. The summed E-state index contributed by atoms with van der Waals surface area (Å²) in [5.74, 6) is 6.16.